The van der Waals surface area contributed by atoms with Crippen LogP contribution in [0.2, 0.25) is 0 Å². The van der Waals surface area contributed by atoms with Gasteiger partial charge in [-0.25, -0.2) is 4.39 Å². The van der Waals surface area contributed by atoms with Gasteiger partial charge in [0.25, 0.3) is 17.9 Å². The molecule has 2 amide bonds. The van der Waals surface area contributed by atoms with Gasteiger partial charge in [-0.2, -0.15) is 0 Å². The van der Waals surface area contributed by atoms with Crippen LogP contribution in [0.3, 0.4) is 0 Å². The van der Waals surface area contributed by atoms with Gasteiger partial charge in [-0.3, -0.25) is 9.59 Å². The molecule has 1 heterocycles. The number of hydrogen-bond acceptors (Lipinski definition) is 3. The van der Waals surface area contributed by atoms with E-state index in [4.69, 9.17) is 4.74 Å². The molecule has 2 aromatic carbocycles. The highest BCUT2D eigenvalue weighted by Gasteiger charge is 2.33. The van der Waals surface area contributed by atoms with Crippen molar-refractivity contribution in [3.05, 3.63) is 59.9 Å². The van der Waals surface area contributed by atoms with E-state index in [1.54, 1.807) is 42.5 Å². The van der Waals surface area contributed by atoms with Crippen LogP contribution in [0.1, 0.15) is 5.56 Å². The van der Waals surface area contributed by atoms with E-state index in [9.17, 15) is 14.0 Å². The predicted octanol–water partition coefficient (Wildman–Crippen LogP) is 1.84. The molecule has 0 saturated heterocycles. The Morgan fingerprint density at radius 2 is 1.91 bits per heavy atom. The monoisotopic (exact) mass is 300 g/mol. The van der Waals surface area contributed by atoms with Crippen molar-refractivity contribution in [1.82, 2.24) is 5.32 Å². The molecule has 3 rings (SSSR count). The van der Waals surface area contributed by atoms with Crippen molar-refractivity contribution in [3.63, 3.8) is 0 Å². The van der Waals surface area contributed by atoms with E-state index < -0.39 is 23.7 Å². The van der Waals surface area contributed by atoms with Crippen LogP contribution in [0.25, 0.3) is 0 Å². The lowest BCUT2D eigenvalue weighted by Crippen LogP contribution is -2.48. The molecule has 0 radical (unpaired) electrons. The minimum Gasteiger partial charge on any atom is -0.468 e. The summed E-state index contributed by atoms with van der Waals surface area (Å²) >= 11 is 0. The maximum Gasteiger partial charge on any atom is 0.275 e. The Hall–Kier alpha value is -2.89. The number of anilines is 1. The summed E-state index contributed by atoms with van der Waals surface area (Å²) in [5.41, 5.74) is 0.859. The Kier molecular flexibility index (Phi) is 3.74. The smallest absolute Gasteiger partial charge is 0.275 e. The second kappa shape index (κ2) is 5.85. The number of amides is 2. The van der Waals surface area contributed by atoms with Crippen LogP contribution < -0.4 is 15.4 Å². The molecule has 22 heavy (non-hydrogen) atoms. The lowest BCUT2D eigenvalue weighted by Gasteiger charge is -2.24. The van der Waals surface area contributed by atoms with Gasteiger partial charge in [0.15, 0.2) is 0 Å². The summed E-state index contributed by atoms with van der Waals surface area (Å²) < 4.78 is 18.9. The van der Waals surface area contributed by atoms with E-state index in [1.165, 1.54) is 6.07 Å². The number of carbonyl (C=O) groups excluding carboxylic acids is 2. The van der Waals surface area contributed by atoms with Crippen molar-refractivity contribution >= 4 is 17.5 Å². The Morgan fingerprint density at radius 3 is 2.73 bits per heavy atom. The van der Waals surface area contributed by atoms with Crippen molar-refractivity contribution in [2.24, 2.45) is 0 Å². The summed E-state index contributed by atoms with van der Waals surface area (Å²) in [5, 5.41) is 5.11. The Labute approximate surface area is 126 Å². The molecule has 2 N–H and O–H groups in total. The number of nitrogens with one attached hydrogen (secondary N) is 2. The second-order valence-electron chi connectivity index (χ2n) is 4.79. The van der Waals surface area contributed by atoms with Crippen molar-refractivity contribution in [1.29, 1.82) is 0 Å². The third-order valence-electron chi connectivity index (χ3n) is 3.28. The molecule has 2 aromatic rings. The summed E-state index contributed by atoms with van der Waals surface area (Å²) in [4.78, 5) is 24.0. The molecule has 0 aromatic heterocycles. The van der Waals surface area contributed by atoms with E-state index in [0.29, 0.717) is 17.0 Å². The zero-order valence-corrected chi connectivity index (χ0v) is 11.5. The normalized spacial score (nSPS) is 16.2. The average Bonchev–Trinajstić information content (AvgIpc) is 2.53. The van der Waals surface area contributed by atoms with Crippen LogP contribution in [-0.2, 0) is 16.1 Å². The van der Waals surface area contributed by atoms with E-state index in [-0.39, 0.29) is 6.54 Å². The minimum atomic E-state index is -1.29. The van der Waals surface area contributed by atoms with Gasteiger partial charge < -0.3 is 15.4 Å². The maximum atomic E-state index is 13.5. The molecule has 1 atom stereocenters. The number of carbonyl (C=O) groups is 2. The fraction of sp³-hybridized carbons (Fsp3) is 0.125. The molecule has 0 bridgehead atoms. The Balaban J connectivity index is 1.68. The highest BCUT2D eigenvalue weighted by molar-refractivity contribution is 6.11. The van der Waals surface area contributed by atoms with Gasteiger partial charge in [0, 0.05) is 12.1 Å². The van der Waals surface area contributed by atoms with Crippen molar-refractivity contribution in [2.45, 2.75) is 12.6 Å². The first-order chi connectivity index (χ1) is 10.6. The third kappa shape index (κ3) is 2.76. The molecule has 1 aliphatic rings. The first-order valence-corrected chi connectivity index (χ1v) is 6.73. The van der Waals surface area contributed by atoms with Crippen molar-refractivity contribution < 1.29 is 18.7 Å². The first kappa shape index (κ1) is 14.1. The average molecular weight is 300 g/mol. The van der Waals surface area contributed by atoms with E-state index in [2.05, 4.69) is 10.6 Å². The maximum absolute atomic E-state index is 13.5. The number of ether oxygens (including phenoxy) is 1. The fourth-order valence-corrected chi connectivity index (χ4v) is 2.14. The Morgan fingerprint density at radius 1 is 1.18 bits per heavy atom. The second-order valence-corrected chi connectivity index (χ2v) is 4.79. The summed E-state index contributed by atoms with van der Waals surface area (Å²) in [6.45, 7) is -0.0136. The van der Waals surface area contributed by atoms with Gasteiger partial charge in [-0.05, 0) is 18.2 Å². The van der Waals surface area contributed by atoms with Gasteiger partial charge in [0.05, 0.1) is 5.69 Å². The number of hydrogen-bond donors (Lipinski definition) is 2. The zero-order valence-electron chi connectivity index (χ0n) is 11.5. The molecule has 0 spiro atoms. The van der Waals surface area contributed by atoms with Gasteiger partial charge in [-0.15, -0.1) is 0 Å². The Bertz CT molecular complexity index is 733. The summed E-state index contributed by atoms with van der Waals surface area (Å²) in [5.74, 6) is -1.16. The number of fused-ring (bicyclic) bond motifs is 1. The molecule has 1 aliphatic heterocycles. The highest BCUT2D eigenvalue weighted by atomic mass is 19.1. The molecule has 0 fully saturated rings. The van der Waals surface area contributed by atoms with E-state index in [0.717, 1.165) is 0 Å². The number of rotatable bonds is 3. The third-order valence-corrected chi connectivity index (χ3v) is 3.28. The number of benzene rings is 2. The van der Waals surface area contributed by atoms with Gasteiger partial charge in [-0.1, -0.05) is 30.3 Å². The van der Waals surface area contributed by atoms with Crippen molar-refractivity contribution in [3.8, 4) is 5.75 Å². The summed E-state index contributed by atoms with van der Waals surface area (Å²) in [6, 6.07) is 12.9. The predicted molar refractivity (Wildman–Crippen MR) is 77.7 cm³/mol. The van der Waals surface area contributed by atoms with Crippen LogP contribution in [0, 0.1) is 5.82 Å². The largest absolute Gasteiger partial charge is 0.468 e. The van der Waals surface area contributed by atoms with E-state index >= 15 is 0 Å². The zero-order chi connectivity index (χ0) is 15.5. The number of para-hydroxylation sites is 2. The minimum absolute atomic E-state index is 0.0136. The van der Waals surface area contributed by atoms with Crippen LogP contribution in [0.15, 0.2) is 48.5 Å². The van der Waals surface area contributed by atoms with Crippen LogP contribution in [0.5, 0.6) is 5.75 Å². The first-order valence-electron chi connectivity index (χ1n) is 6.73. The SMILES string of the molecule is O=C(NCc1ccccc1F)[C@H]1Oc2ccccc2NC1=O. The van der Waals surface area contributed by atoms with Crippen LogP contribution in [-0.4, -0.2) is 17.9 Å². The van der Waals surface area contributed by atoms with Crippen LogP contribution in [0.4, 0.5) is 10.1 Å². The van der Waals surface area contributed by atoms with Gasteiger partial charge >= 0.3 is 0 Å². The summed E-state index contributed by atoms with van der Waals surface area (Å²) in [7, 11) is 0. The van der Waals surface area contributed by atoms with Gasteiger partial charge in [0.1, 0.15) is 11.6 Å². The number of halogens is 1. The van der Waals surface area contributed by atoms with Gasteiger partial charge in [0.2, 0.25) is 0 Å². The standard InChI is InChI=1S/C16H13FN2O3/c17-11-6-2-1-5-10(11)9-18-15(20)14-16(21)19-12-7-3-4-8-13(12)22-14/h1-8,14H,9H2,(H,18,20)(H,19,21)/t14-/m1/s1. The quantitative estimate of drug-likeness (QED) is 0.850. The molecule has 112 valence electrons. The molecule has 0 saturated carbocycles. The molecular formula is C16H13FN2O3. The lowest BCUT2D eigenvalue weighted by atomic mass is 10.2. The molecule has 0 aliphatic carbocycles. The molecule has 0 unspecified atom stereocenters. The molecular weight excluding hydrogens is 287 g/mol. The van der Waals surface area contributed by atoms with E-state index in [1.807, 2.05) is 0 Å². The highest BCUT2D eigenvalue weighted by Crippen LogP contribution is 2.28. The summed E-state index contributed by atoms with van der Waals surface area (Å²) in [6.07, 6.45) is -1.29. The van der Waals surface area contributed by atoms with Crippen molar-refractivity contribution in [2.75, 3.05) is 5.32 Å². The van der Waals surface area contributed by atoms with Crippen LogP contribution >= 0.6 is 0 Å². The molecule has 6 heteroatoms. The molecule has 5 nitrogen and oxygen atoms in total. The fourth-order valence-electron chi connectivity index (χ4n) is 2.14. The topological polar surface area (TPSA) is 67.4 Å². The lowest BCUT2D eigenvalue weighted by molar-refractivity contribution is -0.137.